The Bertz CT molecular complexity index is 575. The fraction of sp³-hybridized carbons (Fsp3) is 0.294. The summed E-state index contributed by atoms with van der Waals surface area (Å²) in [5.41, 5.74) is 4.49. The Kier molecular flexibility index (Phi) is 4.61. The molecule has 0 bridgehead atoms. The fourth-order valence-electron chi connectivity index (χ4n) is 2.20. The molecule has 2 aromatic rings. The van der Waals surface area contributed by atoms with E-state index in [1.54, 1.807) is 6.07 Å². The zero-order valence-electron chi connectivity index (χ0n) is 12.2. The molecule has 0 heterocycles. The number of ether oxygens (including phenoxy) is 1. The van der Waals surface area contributed by atoms with Crippen molar-refractivity contribution in [2.24, 2.45) is 0 Å². The summed E-state index contributed by atoms with van der Waals surface area (Å²) < 4.78 is 18.9. The third-order valence-corrected chi connectivity index (χ3v) is 3.35. The van der Waals surface area contributed by atoms with Gasteiger partial charge in [0.2, 0.25) is 0 Å². The van der Waals surface area contributed by atoms with E-state index in [9.17, 15) is 4.39 Å². The molecule has 20 heavy (non-hydrogen) atoms. The average Bonchev–Trinajstić information content (AvgIpc) is 2.41. The maximum absolute atomic E-state index is 13.8. The van der Waals surface area contributed by atoms with E-state index in [-0.39, 0.29) is 5.82 Å². The first kappa shape index (κ1) is 14.4. The third kappa shape index (κ3) is 3.29. The highest BCUT2D eigenvalue weighted by Gasteiger charge is 2.05. The van der Waals surface area contributed by atoms with E-state index in [0.29, 0.717) is 18.9 Å². The number of aryl methyl sites for hydroxylation is 2. The fourth-order valence-corrected chi connectivity index (χ4v) is 2.20. The molecule has 0 radical (unpaired) electrons. The molecule has 0 aliphatic heterocycles. The van der Waals surface area contributed by atoms with Crippen molar-refractivity contribution >= 4 is 5.69 Å². The van der Waals surface area contributed by atoms with Crippen LogP contribution in [-0.2, 0) is 6.54 Å². The van der Waals surface area contributed by atoms with E-state index in [1.807, 2.05) is 19.1 Å². The summed E-state index contributed by atoms with van der Waals surface area (Å²) in [5.74, 6) is -0.0384. The lowest BCUT2D eigenvalue weighted by Gasteiger charge is -2.13. The SMILES string of the molecule is CCOc1ccc(NCc2c(C)cccc2C)cc1F. The number of halogens is 1. The highest BCUT2D eigenvalue weighted by Crippen LogP contribution is 2.22. The molecule has 0 unspecified atom stereocenters. The second-order valence-electron chi connectivity index (χ2n) is 4.80. The summed E-state index contributed by atoms with van der Waals surface area (Å²) in [4.78, 5) is 0. The molecule has 0 aromatic heterocycles. The lowest BCUT2D eigenvalue weighted by molar-refractivity contribution is 0.321. The van der Waals surface area contributed by atoms with E-state index >= 15 is 0 Å². The van der Waals surface area contributed by atoms with Crippen LogP contribution in [0, 0.1) is 19.7 Å². The van der Waals surface area contributed by atoms with Gasteiger partial charge >= 0.3 is 0 Å². The molecule has 0 aliphatic carbocycles. The molecule has 0 spiro atoms. The van der Waals surface area contributed by atoms with Crippen molar-refractivity contribution in [1.29, 1.82) is 0 Å². The lowest BCUT2D eigenvalue weighted by atomic mass is 10.0. The van der Waals surface area contributed by atoms with Gasteiger partial charge in [0.15, 0.2) is 11.6 Å². The van der Waals surface area contributed by atoms with E-state index in [0.717, 1.165) is 5.69 Å². The van der Waals surface area contributed by atoms with Crippen LogP contribution in [0.15, 0.2) is 36.4 Å². The molecular weight excluding hydrogens is 253 g/mol. The largest absolute Gasteiger partial charge is 0.491 e. The second-order valence-corrected chi connectivity index (χ2v) is 4.80. The topological polar surface area (TPSA) is 21.3 Å². The monoisotopic (exact) mass is 273 g/mol. The Morgan fingerprint density at radius 3 is 2.40 bits per heavy atom. The molecule has 0 amide bonds. The minimum atomic E-state index is -0.335. The summed E-state index contributed by atoms with van der Waals surface area (Å²) in [6.45, 7) is 7.16. The van der Waals surface area contributed by atoms with Gasteiger partial charge < -0.3 is 10.1 Å². The van der Waals surface area contributed by atoms with Crippen LogP contribution in [0.5, 0.6) is 5.75 Å². The van der Waals surface area contributed by atoms with Gasteiger partial charge in [-0.15, -0.1) is 0 Å². The zero-order valence-corrected chi connectivity index (χ0v) is 12.2. The van der Waals surface area contributed by atoms with Crippen LogP contribution in [0.4, 0.5) is 10.1 Å². The van der Waals surface area contributed by atoms with Crippen LogP contribution in [0.1, 0.15) is 23.6 Å². The quantitative estimate of drug-likeness (QED) is 0.868. The van der Waals surface area contributed by atoms with Crippen molar-refractivity contribution < 1.29 is 9.13 Å². The van der Waals surface area contributed by atoms with Gasteiger partial charge in [-0.05, 0) is 49.6 Å². The van der Waals surface area contributed by atoms with E-state index in [2.05, 4.69) is 31.3 Å². The van der Waals surface area contributed by atoms with Crippen molar-refractivity contribution in [3.05, 3.63) is 58.9 Å². The van der Waals surface area contributed by atoms with Gasteiger partial charge in [-0.1, -0.05) is 18.2 Å². The van der Waals surface area contributed by atoms with Gasteiger partial charge in [-0.2, -0.15) is 0 Å². The molecule has 0 atom stereocenters. The van der Waals surface area contributed by atoms with Crippen LogP contribution in [0.3, 0.4) is 0 Å². The van der Waals surface area contributed by atoms with Gasteiger partial charge in [-0.3, -0.25) is 0 Å². The third-order valence-electron chi connectivity index (χ3n) is 3.35. The molecule has 1 N–H and O–H groups in total. The summed E-state index contributed by atoms with van der Waals surface area (Å²) in [6.07, 6.45) is 0. The summed E-state index contributed by atoms with van der Waals surface area (Å²) in [6, 6.07) is 11.2. The van der Waals surface area contributed by atoms with Gasteiger partial charge in [0.05, 0.1) is 6.61 Å². The Balaban J connectivity index is 2.09. The second kappa shape index (κ2) is 6.42. The standard InChI is InChI=1S/C17H20FNO/c1-4-20-17-9-8-14(10-16(17)18)19-11-15-12(2)6-5-7-13(15)3/h5-10,19H,4,11H2,1-3H3. The molecule has 2 nitrogen and oxygen atoms in total. The van der Waals surface area contributed by atoms with Crippen LogP contribution >= 0.6 is 0 Å². The van der Waals surface area contributed by atoms with Crippen molar-refractivity contribution in [2.45, 2.75) is 27.3 Å². The molecule has 2 aromatic carbocycles. The first-order chi connectivity index (χ1) is 9.61. The summed E-state index contributed by atoms with van der Waals surface area (Å²) >= 11 is 0. The molecule has 0 fully saturated rings. The van der Waals surface area contributed by atoms with E-state index in [4.69, 9.17) is 4.74 Å². The van der Waals surface area contributed by atoms with Crippen LogP contribution in [0.25, 0.3) is 0 Å². The number of rotatable bonds is 5. The Hall–Kier alpha value is -2.03. The van der Waals surface area contributed by atoms with Crippen molar-refractivity contribution in [2.75, 3.05) is 11.9 Å². The average molecular weight is 273 g/mol. The highest BCUT2D eigenvalue weighted by atomic mass is 19.1. The minimum absolute atomic E-state index is 0.296. The number of anilines is 1. The van der Waals surface area contributed by atoms with E-state index in [1.165, 1.54) is 22.8 Å². The summed E-state index contributed by atoms with van der Waals surface area (Å²) in [5, 5.41) is 3.26. The highest BCUT2D eigenvalue weighted by molar-refractivity contribution is 5.48. The van der Waals surface area contributed by atoms with Gasteiger partial charge in [0.25, 0.3) is 0 Å². The zero-order chi connectivity index (χ0) is 14.5. The molecule has 0 aliphatic rings. The van der Waals surface area contributed by atoms with Crippen molar-refractivity contribution in [3.63, 3.8) is 0 Å². The van der Waals surface area contributed by atoms with Crippen molar-refractivity contribution in [1.82, 2.24) is 0 Å². The van der Waals surface area contributed by atoms with Crippen LogP contribution in [-0.4, -0.2) is 6.61 Å². The van der Waals surface area contributed by atoms with Crippen LogP contribution in [0.2, 0.25) is 0 Å². The maximum Gasteiger partial charge on any atom is 0.167 e. The Labute approximate surface area is 119 Å². The molecule has 2 rings (SSSR count). The minimum Gasteiger partial charge on any atom is -0.491 e. The smallest absolute Gasteiger partial charge is 0.167 e. The van der Waals surface area contributed by atoms with Gasteiger partial charge in [0.1, 0.15) is 0 Å². The normalized spacial score (nSPS) is 10.4. The summed E-state index contributed by atoms with van der Waals surface area (Å²) in [7, 11) is 0. The first-order valence-electron chi connectivity index (χ1n) is 6.83. The molecule has 0 saturated heterocycles. The number of nitrogens with one attached hydrogen (secondary N) is 1. The van der Waals surface area contributed by atoms with Crippen molar-refractivity contribution in [3.8, 4) is 5.75 Å². The first-order valence-corrected chi connectivity index (χ1v) is 6.83. The van der Waals surface area contributed by atoms with Gasteiger partial charge in [-0.25, -0.2) is 4.39 Å². The van der Waals surface area contributed by atoms with Gasteiger partial charge in [0, 0.05) is 18.3 Å². The molecule has 106 valence electrons. The Morgan fingerprint density at radius 1 is 1.10 bits per heavy atom. The predicted molar refractivity (Wildman–Crippen MR) is 80.8 cm³/mol. The number of hydrogen-bond acceptors (Lipinski definition) is 2. The number of benzene rings is 2. The van der Waals surface area contributed by atoms with Crippen LogP contribution < -0.4 is 10.1 Å². The Morgan fingerprint density at radius 2 is 1.80 bits per heavy atom. The maximum atomic E-state index is 13.8. The number of hydrogen-bond donors (Lipinski definition) is 1. The molecular formula is C17H20FNO. The molecule has 0 saturated carbocycles. The lowest BCUT2D eigenvalue weighted by Crippen LogP contribution is -2.04. The predicted octanol–water partition coefficient (Wildman–Crippen LogP) is 4.45. The molecule has 3 heteroatoms. The van der Waals surface area contributed by atoms with E-state index < -0.39 is 0 Å².